The van der Waals surface area contributed by atoms with Crippen LogP contribution in [0.4, 0.5) is 4.79 Å². The summed E-state index contributed by atoms with van der Waals surface area (Å²) < 4.78 is 11.5. The maximum atomic E-state index is 12.2. The highest BCUT2D eigenvalue weighted by atomic mass is 16.5. The van der Waals surface area contributed by atoms with Gasteiger partial charge < -0.3 is 25.5 Å². The van der Waals surface area contributed by atoms with Crippen LogP contribution < -0.4 is 21.6 Å². The molecule has 2 aliphatic carbocycles. The van der Waals surface area contributed by atoms with Crippen LogP contribution in [0.25, 0.3) is 5.70 Å². The van der Waals surface area contributed by atoms with Crippen molar-refractivity contribution in [1.82, 2.24) is 15.3 Å². The number of alkyl carbamates (subject to hydrolysis) is 1. The van der Waals surface area contributed by atoms with Crippen LogP contribution in [0.2, 0.25) is 0 Å². The number of pyridine rings is 1. The minimum Gasteiger partial charge on any atom is -0.489 e. The number of hydrazine groups is 1. The molecule has 8 heteroatoms. The Hall–Kier alpha value is -2.48. The Labute approximate surface area is 191 Å². The summed E-state index contributed by atoms with van der Waals surface area (Å²) in [5, 5.41) is 4.22. The monoisotopic (exact) mass is 445 g/mol. The summed E-state index contributed by atoms with van der Waals surface area (Å²) in [7, 11) is 1.66. The molecular formula is C24H39N5O3. The van der Waals surface area contributed by atoms with Gasteiger partial charge in [0.25, 0.3) is 0 Å². The molecule has 2 unspecified atom stereocenters. The summed E-state index contributed by atoms with van der Waals surface area (Å²) in [6, 6.07) is 3.73. The fraction of sp³-hybridized carbons (Fsp3) is 0.667. The number of nitrogens with two attached hydrogens (primary N) is 2. The molecular weight excluding hydrogens is 406 g/mol. The third kappa shape index (κ3) is 6.76. The fourth-order valence-electron chi connectivity index (χ4n) is 4.63. The van der Waals surface area contributed by atoms with Gasteiger partial charge >= 0.3 is 6.09 Å². The van der Waals surface area contributed by atoms with Crippen molar-refractivity contribution in [2.75, 3.05) is 20.2 Å². The number of carbonyl (C=O) groups is 1. The van der Waals surface area contributed by atoms with E-state index >= 15 is 0 Å². The number of nitrogens with zero attached hydrogens (tertiary/aromatic N) is 2. The van der Waals surface area contributed by atoms with Crippen LogP contribution in [-0.4, -0.2) is 42.4 Å². The van der Waals surface area contributed by atoms with E-state index in [1.54, 1.807) is 7.05 Å². The lowest BCUT2D eigenvalue weighted by Crippen LogP contribution is -2.34. The number of hydrogen-bond acceptors (Lipinski definition) is 7. The van der Waals surface area contributed by atoms with Crippen LogP contribution in [0.1, 0.15) is 69.7 Å². The van der Waals surface area contributed by atoms with E-state index in [9.17, 15) is 4.79 Å². The molecule has 32 heavy (non-hydrogen) atoms. The highest BCUT2D eigenvalue weighted by molar-refractivity contribution is 5.68. The van der Waals surface area contributed by atoms with E-state index in [-0.39, 0.29) is 12.7 Å². The molecule has 3 rings (SSSR count). The molecule has 2 saturated carbocycles. The third-order valence-corrected chi connectivity index (χ3v) is 6.57. The summed E-state index contributed by atoms with van der Waals surface area (Å²) >= 11 is 0. The van der Waals surface area contributed by atoms with Gasteiger partial charge in [0, 0.05) is 13.6 Å². The zero-order chi connectivity index (χ0) is 23.1. The Morgan fingerprint density at radius 2 is 1.97 bits per heavy atom. The topological polar surface area (TPSA) is 116 Å². The van der Waals surface area contributed by atoms with Crippen molar-refractivity contribution in [2.24, 2.45) is 23.4 Å². The summed E-state index contributed by atoms with van der Waals surface area (Å²) in [6.07, 6.45) is 9.20. The Morgan fingerprint density at radius 1 is 1.22 bits per heavy atom. The number of carbonyl (C=O) groups excluding carboxylic acids is 1. The highest BCUT2D eigenvalue weighted by Crippen LogP contribution is 2.29. The Kier molecular flexibility index (Phi) is 8.61. The maximum Gasteiger partial charge on any atom is 0.407 e. The third-order valence-electron chi connectivity index (χ3n) is 6.57. The van der Waals surface area contributed by atoms with E-state index in [4.69, 9.17) is 21.1 Å². The molecule has 0 radical (unpaired) electrons. The van der Waals surface area contributed by atoms with Gasteiger partial charge in [0.15, 0.2) is 0 Å². The standard InChI is InChI=1S/C24H39N5O3/c1-16-9-10-18(13-16)14-27-24(30)31-15-21(29(3)26)23(25)20-11-12-22(17(2)28-20)32-19-7-5-4-6-8-19/h11-12,16,18-19H,4-10,13-15,25-26H2,1-3H3,(H,27,30)/b23-21-. The molecule has 1 amide bonds. The molecule has 0 aliphatic heterocycles. The van der Waals surface area contributed by atoms with Crippen molar-refractivity contribution in [3.8, 4) is 5.75 Å². The van der Waals surface area contributed by atoms with Gasteiger partial charge in [0.05, 0.1) is 28.9 Å². The number of rotatable bonds is 8. The Morgan fingerprint density at radius 3 is 2.59 bits per heavy atom. The molecule has 1 aromatic rings. The molecule has 0 saturated heterocycles. The highest BCUT2D eigenvalue weighted by Gasteiger charge is 2.22. The van der Waals surface area contributed by atoms with E-state index < -0.39 is 6.09 Å². The number of amides is 1. The minimum absolute atomic E-state index is 0.0349. The average molecular weight is 446 g/mol. The first kappa shape index (κ1) is 24.2. The molecule has 8 nitrogen and oxygen atoms in total. The lowest BCUT2D eigenvalue weighted by atomic mass is 9.98. The second-order valence-electron chi connectivity index (χ2n) is 9.37. The predicted molar refractivity (Wildman–Crippen MR) is 125 cm³/mol. The van der Waals surface area contributed by atoms with Crippen molar-refractivity contribution >= 4 is 11.8 Å². The smallest absolute Gasteiger partial charge is 0.407 e. The summed E-state index contributed by atoms with van der Waals surface area (Å²) in [5.74, 6) is 8.01. The van der Waals surface area contributed by atoms with E-state index in [0.717, 1.165) is 43.0 Å². The van der Waals surface area contributed by atoms with Gasteiger partial charge in [-0.3, -0.25) is 0 Å². The van der Waals surface area contributed by atoms with Crippen LogP contribution in [0.15, 0.2) is 17.8 Å². The molecule has 5 N–H and O–H groups in total. The SMILES string of the molecule is Cc1nc(/C(N)=C(\COC(=O)NCC2CCC(C)C2)N(C)N)ccc1OC1CCCCC1. The molecule has 2 fully saturated rings. The fourth-order valence-corrected chi connectivity index (χ4v) is 4.63. The van der Waals surface area contributed by atoms with Crippen LogP contribution in [0, 0.1) is 18.8 Å². The van der Waals surface area contributed by atoms with Gasteiger partial charge in [-0.15, -0.1) is 0 Å². The quantitative estimate of drug-likeness (QED) is 0.413. The van der Waals surface area contributed by atoms with E-state index in [1.165, 1.54) is 30.7 Å². The molecule has 178 valence electrons. The van der Waals surface area contributed by atoms with Crippen molar-refractivity contribution in [3.05, 3.63) is 29.2 Å². The van der Waals surface area contributed by atoms with Crippen molar-refractivity contribution in [3.63, 3.8) is 0 Å². The summed E-state index contributed by atoms with van der Waals surface area (Å²) in [4.78, 5) is 16.8. The molecule has 1 heterocycles. The molecule has 0 bridgehead atoms. The largest absolute Gasteiger partial charge is 0.489 e. The van der Waals surface area contributed by atoms with Crippen LogP contribution >= 0.6 is 0 Å². The number of nitrogens with one attached hydrogen (secondary N) is 1. The van der Waals surface area contributed by atoms with Crippen LogP contribution in [0.5, 0.6) is 5.75 Å². The normalized spacial score (nSPS) is 22.2. The van der Waals surface area contributed by atoms with Gasteiger partial charge in [-0.25, -0.2) is 15.6 Å². The van der Waals surface area contributed by atoms with Gasteiger partial charge in [0.2, 0.25) is 0 Å². The number of aryl methyl sites for hydroxylation is 1. The molecule has 0 spiro atoms. The Balaban J connectivity index is 1.59. The van der Waals surface area contributed by atoms with Gasteiger partial charge in [0.1, 0.15) is 12.4 Å². The molecule has 1 aromatic heterocycles. The van der Waals surface area contributed by atoms with Crippen molar-refractivity contribution in [2.45, 2.75) is 71.3 Å². The van der Waals surface area contributed by atoms with E-state index in [0.29, 0.717) is 29.6 Å². The number of aromatic nitrogens is 1. The second-order valence-corrected chi connectivity index (χ2v) is 9.37. The number of likely N-dealkylation sites (N-methyl/N-ethyl adjacent to an activating group) is 1. The summed E-state index contributed by atoms with van der Waals surface area (Å²) in [5.41, 5.74) is 8.58. The first-order valence-electron chi connectivity index (χ1n) is 11.9. The van der Waals surface area contributed by atoms with Gasteiger partial charge in [-0.05, 0) is 69.4 Å². The molecule has 0 aromatic carbocycles. The van der Waals surface area contributed by atoms with E-state index in [1.807, 2.05) is 19.1 Å². The number of ether oxygens (including phenoxy) is 2. The summed E-state index contributed by atoms with van der Waals surface area (Å²) in [6.45, 7) is 4.76. The minimum atomic E-state index is -0.461. The zero-order valence-electron chi connectivity index (χ0n) is 19.7. The van der Waals surface area contributed by atoms with Gasteiger partial charge in [-0.1, -0.05) is 19.8 Å². The zero-order valence-corrected chi connectivity index (χ0v) is 19.7. The first-order valence-corrected chi connectivity index (χ1v) is 11.9. The molecule has 2 aliphatic rings. The first-order chi connectivity index (χ1) is 15.3. The average Bonchev–Trinajstić information content (AvgIpc) is 3.19. The van der Waals surface area contributed by atoms with Gasteiger partial charge in [-0.2, -0.15) is 0 Å². The molecule has 2 atom stereocenters. The van der Waals surface area contributed by atoms with Crippen LogP contribution in [-0.2, 0) is 4.74 Å². The Bertz CT molecular complexity index is 805. The lowest BCUT2D eigenvalue weighted by Gasteiger charge is -2.24. The lowest BCUT2D eigenvalue weighted by molar-refractivity contribution is 0.146. The maximum absolute atomic E-state index is 12.2. The second kappa shape index (κ2) is 11.4. The van der Waals surface area contributed by atoms with E-state index in [2.05, 4.69) is 17.2 Å². The van der Waals surface area contributed by atoms with Crippen molar-refractivity contribution < 1.29 is 14.3 Å². The van der Waals surface area contributed by atoms with Crippen LogP contribution in [0.3, 0.4) is 0 Å². The number of hydrogen-bond donors (Lipinski definition) is 3. The predicted octanol–water partition coefficient (Wildman–Crippen LogP) is 3.70. The van der Waals surface area contributed by atoms with Crippen molar-refractivity contribution in [1.29, 1.82) is 0 Å².